The molecule has 0 unspecified atom stereocenters. The van der Waals surface area contributed by atoms with Gasteiger partial charge in [-0.15, -0.1) is 0 Å². The van der Waals surface area contributed by atoms with Crippen LogP contribution in [0.25, 0.3) is 11.1 Å². The molecule has 1 heterocycles. The minimum atomic E-state index is -0.141. The number of carbonyl (C=O) groups is 1. The Morgan fingerprint density at radius 2 is 1.61 bits per heavy atom. The van der Waals surface area contributed by atoms with E-state index in [1.165, 1.54) is 5.56 Å². The Hall–Kier alpha value is -2.94. The highest BCUT2D eigenvalue weighted by Gasteiger charge is 2.16. The maximum Gasteiger partial charge on any atom is 0.258 e. The number of carbonyl (C=O) groups excluding carboxylic acids is 1. The van der Waals surface area contributed by atoms with E-state index in [0.717, 1.165) is 22.5 Å². The summed E-state index contributed by atoms with van der Waals surface area (Å²) in [5.41, 5.74) is 5.20. The fourth-order valence-corrected chi connectivity index (χ4v) is 2.54. The lowest BCUT2D eigenvalue weighted by molar-refractivity contribution is 0.102. The third-order valence-corrected chi connectivity index (χ3v) is 3.76. The smallest absolute Gasteiger partial charge is 0.258 e. The summed E-state index contributed by atoms with van der Waals surface area (Å²) in [6.45, 7) is 3.90. The van der Waals surface area contributed by atoms with Gasteiger partial charge < -0.3 is 5.32 Å². The van der Waals surface area contributed by atoms with E-state index in [4.69, 9.17) is 0 Å². The van der Waals surface area contributed by atoms with Gasteiger partial charge in [0.1, 0.15) is 0 Å². The van der Waals surface area contributed by atoms with Gasteiger partial charge in [-0.05, 0) is 43.2 Å². The van der Waals surface area contributed by atoms with Gasteiger partial charge in [-0.2, -0.15) is 0 Å². The van der Waals surface area contributed by atoms with Gasteiger partial charge in [-0.3, -0.25) is 9.78 Å². The predicted molar refractivity (Wildman–Crippen MR) is 93.5 cm³/mol. The summed E-state index contributed by atoms with van der Waals surface area (Å²) >= 11 is 0. The number of pyridine rings is 1. The topological polar surface area (TPSA) is 42.0 Å². The lowest BCUT2D eigenvalue weighted by atomic mass is 9.98. The highest BCUT2D eigenvalue weighted by Crippen LogP contribution is 2.26. The third kappa shape index (κ3) is 3.29. The van der Waals surface area contributed by atoms with Crippen LogP contribution in [0, 0.1) is 13.8 Å². The van der Waals surface area contributed by atoms with Gasteiger partial charge in [-0.25, -0.2) is 0 Å². The molecule has 0 saturated carbocycles. The quantitative estimate of drug-likeness (QED) is 0.767. The molecule has 23 heavy (non-hydrogen) atoms. The number of para-hydroxylation sites is 1. The summed E-state index contributed by atoms with van der Waals surface area (Å²) in [5, 5.41) is 2.94. The normalized spacial score (nSPS) is 10.3. The summed E-state index contributed by atoms with van der Waals surface area (Å²) in [6.07, 6.45) is 1.74. The van der Waals surface area contributed by atoms with Crippen molar-refractivity contribution in [3.8, 4) is 11.1 Å². The zero-order chi connectivity index (χ0) is 16.2. The molecule has 114 valence electrons. The van der Waals surface area contributed by atoms with Crippen LogP contribution in [0.4, 0.5) is 5.69 Å². The van der Waals surface area contributed by atoms with Crippen LogP contribution in [0.3, 0.4) is 0 Å². The van der Waals surface area contributed by atoms with E-state index in [0.29, 0.717) is 5.56 Å². The van der Waals surface area contributed by atoms with Gasteiger partial charge in [0, 0.05) is 11.9 Å². The Balaban J connectivity index is 2.01. The Labute approximate surface area is 136 Å². The Morgan fingerprint density at radius 3 is 2.30 bits per heavy atom. The molecule has 2 aromatic carbocycles. The van der Waals surface area contributed by atoms with Gasteiger partial charge in [0.2, 0.25) is 0 Å². The van der Waals surface area contributed by atoms with Crippen LogP contribution >= 0.6 is 0 Å². The second-order valence-corrected chi connectivity index (χ2v) is 5.51. The van der Waals surface area contributed by atoms with E-state index in [2.05, 4.69) is 10.3 Å². The largest absolute Gasteiger partial charge is 0.322 e. The van der Waals surface area contributed by atoms with E-state index in [1.807, 2.05) is 74.5 Å². The SMILES string of the molecule is Cc1ccc(-c2ccnc(C)c2C(=O)Nc2ccccc2)cc1. The minimum absolute atomic E-state index is 0.141. The molecule has 0 saturated heterocycles. The summed E-state index contributed by atoms with van der Waals surface area (Å²) in [6, 6.07) is 19.5. The molecule has 0 aliphatic heterocycles. The molecule has 0 bridgehead atoms. The molecule has 3 nitrogen and oxygen atoms in total. The van der Waals surface area contributed by atoms with Crippen LogP contribution in [0.15, 0.2) is 66.9 Å². The molecule has 3 heteroatoms. The Kier molecular flexibility index (Phi) is 4.20. The number of nitrogens with one attached hydrogen (secondary N) is 1. The Bertz CT molecular complexity index is 824. The molecule has 3 aromatic rings. The summed E-state index contributed by atoms with van der Waals surface area (Å²) in [5.74, 6) is -0.141. The molecule has 0 aliphatic carbocycles. The van der Waals surface area contributed by atoms with Crippen molar-refractivity contribution in [2.75, 3.05) is 5.32 Å². The van der Waals surface area contributed by atoms with Crippen molar-refractivity contribution in [3.05, 3.63) is 83.7 Å². The molecule has 0 aliphatic rings. The first kappa shape index (κ1) is 15.0. The van der Waals surface area contributed by atoms with Crippen molar-refractivity contribution in [1.82, 2.24) is 4.98 Å². The van der Waals surface area contributed by atoms with Crippen LogP contribution in [0.1, 0.15) is 21.6 Å². The number of aromatic nitrogens is 1. The molecular formula is C20H18N2O. The zero-order valence-electron chi connectivity index (χ0n) is 13.2. The lowest BCUT2D eigenvalue weighted by Crippen LogP contribution is -2.15. The first-order valence-electron chi connectivity index (χ1n) is 7.54. The van der Waals surface area contributed by atoms with Gasteiger partial charge in [0.15, 0.2) is 0 Å². The second-order valence-electron chi connectivity index (χ2n) is 5.51. The third-order valence-electron chi connectivity index (χ3n) is 3.76. The van der Waals surface area contributed by atoms with Crippen molar-refractivity contribution >= 4 is 11.6 Å². The van der Waals surface area contributed by atoms with Crippen LogP contribution in [0.2, 0.25) is 0 Å². The molecule has 0 fully saturated rings. The fraction of sp³-hybridized carbons (Fsp3) is 0.100. The maximum absolute atomic E-state index is 12.7. The first-order valence-corrected chi connectivity index (χ1v) is 7.54. The average Bonchev–Trinajstić information content (AvgIpc) is 2.56. The number of benzene rings is 2. The van der Waals surface area contributed by atoms with Gasteiger partial charge in [-0.1, -0.05) is 48.0 Å². The monoisotopic (exact) mass is 302 g/mol. The van der Waals surface area contributed by atoms with Crippen LogP contribution in [0.5, 0.6) is 0 Å². The molecule has 1 N–H and O–H groups in total. The van der Waals surface area contributed by atoms with Crippen LogP contribution < -0.4 is 5.32 Å². The number of aryl methyl sites for hydroxylation is 2. The second kappa shape index (κ2) is 6.44. The van der Waals surface area contributed by atoms with Crippen molar-refractivity contribution in [2.45, 2.75) is 13.8 Å². The van der Waals surface area contributed by atoms with Crippen molar-refractivity contribution in [1.29, 1.82) is 0 Å². The standard InChI is InChI=1S/C20H18N2O/c1-14-8-10-16(11-9-14)18-12-13-21-15(2)19(18)20(23)22-17-6-4-3-5-7-17/h3-13H,1-2H3,(H,22,23). The van der Waals surface area contributed by atoms with E-state index in [9.17, 15) is 4.79 Å². The molecule has 0 atom stereocenters. The summed E-state index contributed by atoms with van der Waals surface area (Å²) in [7, 11) is 0. The average molecular weight is 302 g/mol. The van der Waals surface area contributed by atoms with Gasteiger partial charge in [0.25, 0.3) is 5.91 Å². The molecule has 0 radical (unpaired) electrons. The molecule has 1 aromatic heterocycles. The van der Waals surface area contributed by atoms with Gasteiger partial charge in [0.05, 0.1) is 11.3 Å². The van der Waals surface area contributed by atoms with Crippen molar-refractivity contribution in [2.24, 2.45) is 0 Å². The van der Waals surface area contributed by atoms with Gasteiger partial charge >= 0.3 is 0 Å². The van der Waals surface area contributed by atoms with E-state index in [1.54, 1.807) is 6.20 Å². The molecule has 1 amide bonds. The number of amides is 1. The fourth-order valence-electron chi connectivity index (χ4n) is 2.54. The number of nitrogens with zero attached hydrogens (tertiary/aromatic N) is 1. The predicted octanol–water partition coefficient (Wildman–Crippen LogP) is 4.62. The molecular weight excluding hydrogens is 284 g/mol. The zero-order valence-corrected chi connectivity index (χ0v) is 13.2. The van der Waals surface area contributed by atoms with E-state index >= 15 is 0 Å². The molecule has 3 rings (SSSR count). The summed E-state index contributed by atoms with van der Waals surface area (Å²) in [4.78, 5) is 17.0. The van der Waals surface area contributed by atoms with Crippen LogP contribution in [-0.4, -0.2) is 10.9 Å². The minimum Gasteiger partial charge on any atom is -0.322 e. The highest BCUT2D eigenvalue weighted by molar-refractivity contribution is 6.09. The number of hydrogen-bond donors (Lipinski definition) is 1. The lowest BCUT2D eigenvalue weighted by Gasteiger charge is -2.13. The number of anilines is 1. The Morgan fingerprint density at radius 1 is 0.913 bits per heavy atom. The number of rotatable bonds is 3. The molecule has 0 spiro atoms. The maximum atomic E-state index is 12.7. The highest BCUT2D eigenvalue weighted by atomic mass is 16.1. The number of hydrogen-bond acceptors (Lipinski definition) is 2. The summed E-state index contributed by atoms with van der Waals surface area (Å²) < 4.78 is 0. The van der Waals surface area contributed by atoms with Crippen molar-refractivity contribution < 1.29 is 4.79 Å². The first-order chi connectivity index (χ1) is 11.1. The van der Waals surface area contributed by atoms with Crippen molar-refractivity contribution in [3.63, 3.8) is 0 Å². The van der Waals surface area contributed by atoms with E-state index < -0.39 is 0 Å². The van der Waals surface area contributed by atoms with E-state index in [-0.39, 0.29) is 5.91 Å². The van der Waals surface area contributed by atoms with Crippen LogP contribution in [-0.2, 0) is 0 Å².